The Balaban J connectivity index is 1.89. The number of nitrogens with zero attached hydrogens (tertiary/aromatic N) is 2. The average Bonchev–Trinajstić information content (AvgIpc) is 2.91. The second-order valence-electron chi connectivity index (χ2n) is 5.49. The number of ether oxygens (including phenoxy) is 1. The van der Waals surface area contributed by atoms with Gasteiger partial charge in [0, 0.05) is 12.6 Å². The summed E-state index contributed by atoms with van der Waals surface area (Å²) in [6, 6.07) is 13.1. The van der Waals surface area contributed by atoms with Crippen LogP contribution in [-0.2, 0) is 7.05 Å². The monoisotopic (exact) mass is 371 g/mol. The molecule has 3 rings (SSSR count). The molecule has 0 aliphatic rings. The van der Waals surface area contributed by atoms with E-state index >= 15 is 0 Å². The molecule has 128 valence electrons. The molecule has 1 amide bonds. The lowest BCUT2D eigenvalue weighted by Crippen LogP contribution is -2.29. The van der Waals surface area contributed by atoms with Gasteiger partial charge in [0.2, 0.25) is 5.11 Å². The van der Waals surface area contributed by atoms with Crippen molar-refractivity contribution in [3.63, 3.8) is 0 Å². The van der Waals surface area contributed by atoms with Gasteiger partial charge in [-0.2, -0.15) is 4.99 Å². The van der Waals surface area contributed by atoms with E-state index in [4.69, 9.17) is 17.0 Å². The van der Waals surface area contributed by atoms with Gasteiger partial charge in [-0.05, 0) is 43.4 Å². The largest absolute Gasteiger partial charge is 0.495 e. The summed E-state index contributed by atoms with van der Waals surface area (Å²) < 4.78 is 8.34. The number of hydrogen-bond acceptors (Lipinski definition) is 4. The summed E-state index contributed by atoms with van der Waals surface area (Å²) in [4.78, 5) is 17.3. The van der Waals surface area contributed by atoms with Gasteiger partial charge in [-0.25, -0.2) is 0 Å². The van der Waals surface area contributed by atoms with Crippen LogP contribution in [0.4, 0.5) is 0 Å². The Morgan fingerprint density at radius 3 is 2.64 bits per heavy atom. The highest BCUT2D eigenvalue weighted by molar-refractivity contribution is 7.80. The molecule has 0 unspecified atom stereocenters. The highest BCUT2D eigenvalue weighted by atomic mass is 32.1. The lowest BCUT2D eigenvalue weighted by molar-refractivity contribution is 0.0977. The first kappa shape index (κ1) is 17.3. The van der Waals surface area contributed by atoms with Crippen molar-refractivity contribution < 1.29 is 9.53 Å². The zero-order valence-corrected chi connectivity index (χ0v) is 15.7. The number of methoxy groups -OCH3 is 1. The van der Waals surface area contributed by atoms with E-state index in [1.807, 2.05) is 48.9 Å². The van der Waals surface area contributed by atoms with Crippen LogP contribution in [0.5, 0.6) is 5.75 Å². The summed E-state index contributed by atoms with van der Waals surface area (Å²) in [5.41, 5.74) is 2.59. The number of amides is 1. The molecule has 1 aromatic heterocycles. The summed E-state index contributed by atoms with van der Waals surface area (Å²) in [6.07, 6.45) is 0. The number of hydrogen-bond donors (Lipinski definition) is 1. The molecule has 0 aliphatic heterocycles. The van der Waals surface area contributed by atoms with Crippen molar-refractivity contribution in [2.75, 3.05) is 7.11 Å². The number of para-hydroxylation sites is 1. The van der Waals surface area contributed by atoms with Crippen molar-refractivity contribution >= 4 is 44.8 Å². The van der Waals surface area contributed by atoms with E-state index in [9.17, 15) is 4.79 Å². The van der Waals surface area contributed by atoms with Crippen LogP contribution in [0.1, 0.15) is 15.9 Å². The van der Waals surface area contributed by atoms with Crippen molar-refractivity contribution in [1.29, 1.82) is 0 Å². The zero-order chi connectivity index (χ0) is 18.0. The molecule has 2 aromatic carbocycles. The predicted octanol–water partition coefficient (Wildman–Crippen LogP) is 3.17. The van der Waals surface area contributed by atoms with E-state index in [2.05, 4.69) is 10.3 Å². The van der Waals surface area contributed by atoms with Crippen LogP contribution in [0, 0.1) is 6.92 Å². The molecule has 0 fully saturated rings. The highest BCUT2D eigenvalue weighted by Gasteiger charge is 2.10. The number of nitrogens with one attached hydrogen (secondary N) is 1. The molecule has 0 saturated carbocycles. The van der Waals surface area contributed by atoms with Crippen molar-refractivity contribution in [1.82, 2.24) is 9.88 Å². The number of benzene rings is 2. The SMILES string of the molecule is COc1cccc2sc(=NC(=S)NC(=O)c3ccc(C)cc3)n(C)c12. The third kappa shape index (κ3) is 3.62. The average molecular weight is 371 g/mol. The van der Waals surface area contributed by atoms with Gasteiger partial charge in [0.1, 0.15) is 11.3 Å². The maximum Gasteiger partial charge on any atom is 0.257 e. The number of aromatic nitrogens is 1. The van der Waals surface area contributed by atoms with Crippen LogP contribution >= 0.6 is 23.6 Å². The second-order valence-corrected chi connectivity index (χ2v) is 6.88. The number of carbonyl (C=O) groups excluding carboxylic acids is 1. The fraction of sp³-hybridized carbons (Fsp3) is 0.167. The summed E-state index contributed by atoms with van der Waals surface area (Å²) in [5, 5.41) is 2.78. The van der Waals surface area contributed by atoms with Crippen molar-refractivity contribution in [3.05, 3.63) is 58.4 Å². The molecule has 1 heterocycles. The topological polar surface area (TPSA) is 55.6 Å². The number of fused-ring (bicyclic) bond motifs is 1. The highest BCUT2D eigenvalue weighted by Crippen LogP contribution is 2.26. The van der Waals surface area contributed by atoms with Crippen molar-refractivity contribution in [3.8, 4) is 5.75 Å². The fourth-order valence-corrected chi connectivity index (χ4v) is 3.71. The number of aryl methyl sites for hydroxylation is 2. The standard InChI is InChI=1S/C18H17N3O2S2/c1-11-7-9-12(10-8-11)16(22)19-17(24)20-18-21(2)15-13(23-3)5-4-6-14(15)25-18/h4-10H,1-3H3,(H,19,22,24). The van der Waals surface area contributed by atoms with Gasteiger partial charge >= 0.3 is 0 Å². The molecule has 0 radical (unpaired) electrons. The Morgan fingerprint density at radius 2 is 1.96 bits per heavy atom. The van der Waals surface area contributed by atoms with Crippen LogP contribution in [0.3, 0.4) is 0 Å². The van der Waals surface area contributed by atoms with E-state index in [0.717, 1.165) is 21.5 Å². The molecular formula is C18H17N3O2S2. The molecule has 3 aromatic rings. The first-order valence-corrected chi connectivity index (χ1v) is 8.81. The molecule has 0 saturated heterocycles. The minimum absolute atomic E-state index is 0.131. The van der Waals surface area contributed by atoms with Crippen LogP contribution in [0.2, 0.25) is 0 Å². The number of carbonyl (C=O) groups is 1. The van der Waals surface area contributed by atoms with Gasteiger partial charge in [-0.15, -0.1) is 0 Å². The molecule has 0 atom stereocenters. The van der Waals surface area contributed by atoms with Gasteiger partial charge < -0.3 is 9.30 Å². The predicted molar refractivity (Wildman–Crippen MR) is 104 cm³/mol. The molecule has 25 heavy (non-hydrogen) atoms. The Bertz CT molecular complexity index is 1020. The maximum absolute atomic E-state index is 12.2. The first-order valence-electron chi connectivity index (χ1n) is 7.59. The number of thiazole rings is 1. The Morgan fingerprint density at radius 1 is 1.24 bits per heavy atom. The lowest BCUT2D eigenvalue weighted by Gasteiger charge is -2.04. The molecule has 1 N–H and O–H groups in total. The second kappa shape index (κ2) is 7.16. The number of thiocarbonyl (C=S) groups is 1. The summed E-state index contributed by atoms with van der Waals surface area (Å²) in [6.45, 7) is 1.97. The summed E-state index contributed by atoms with van der Waals surface area (Å²) in [7, 11) is 3.53. The summed E-state index contributed by atoms with van der Waals surface area (Å²) >= 11 is 6.71. The van der Waals surface area contributed by atoms with Crippen LogP contribution in [-0.4, -0.2) is 22.7 Å². The van der Waals surface area contributed by atoms with E-state index in [1.165, 1.54) is 11.3 Å². The van der Waals surface area contributed by atoms with E-state index < -0.39 is 0 Å². The van der Waals surface area contributed by atoms with Gasteiger partial charge in [0.15, 0.2) is 4.80 Å². The smallest absolute Gasteiger partial charge is 0.257 e. The van der Waals surface area contributed by atoms with Gasteiger partial charge in [0.25, 0.3) is 5.91 Å². The van der Waals surface area contributed by atoms with Crippen LogP contribution < -0.4 is 14.9 Å². The minimum atomic E-state index is -0.268. The normalized spacial score (nSPS) is 11.6. The third-order valence-electron chi connectivity index (χ3n) is 3.74. The zero-order valence-electron chi connectivity index (χ0n) is 14.1. The van der Waals surface area contributed by atoms with E-state index in [1.54, 1.807) is 19.2 Å². The molecule has 5 nitrogen and oxygen atoms in total. The fourth-order valence-electron chi connectivity index (χ4n) is 2.43. The van der Waals surface area contributed by atoms with Crippen LogP contribution in [0.15, 0.2) is 47.5 Å². The van der Waals surface area contributed by atoms with E-state index in [-0.39, 0.29) is 11.0 Å². The molecule has 7 heteroatoms. The Labute approximate surface area is 154 Å². The maximum atomic E-state index is 12.2. The molecule has 0 aliphatic carbocycles. The van der Waals surface area contributed by atoms with Crippen molar-refractivity contribution in [2.45, 2.75) is 6.92 Å². The summed E-state index contributed by atoms with van der Waals surface area (Å²) in [5.74, 6) is 0.502. The van der Waals surface area contributed by atoms with Gasteiger partial charge in [-0.3, -0.25) is 10.1 Å². The van der Waals surface area contributed by atoms with Gasteiger partial charge in [0.05, 0.1) is 11.8 Å². The molecule has 0 bridgehead atoms. The third-order valence-corrected chi connectivity index (χ3v) is 5.03. The first-order chi connectivity index (χ1) is 12.0. The van der Waals surface area contributed by atoms with E-state index in [0.29, 0.717) is 10.4 Å². The molecular weight excluding hydrogens is 354 g/mol. The van der Waals surface area contributed by atoms with Crippen molar-refractivity contribution in [2.24, 2.45) is 12.0 Å². The Hall–Kier alpha value is -2.51. The minimum Gasteiger partial charge on any atom is -0.495 e. The Kier molecular flexibility index (Phi) is 4.96. The number of rotatable bonds is 2. The van der Waals surface area contributed by atoms with Crippen LogP contribution in [0.25, 0.3) is 10.2 Å². The van der Waals surface area contributed by atoms with Gasteiger partial charge in [-0.1, -0.05) is 35.1 Å². The quantitative estimate of drug-likeness (QED) is 0.704. The lowest BCUT2D eigenvalue weighted by atomic mass is 10.1. The molecule has 0 spiro atoms.